The summed E-state index contributed by atoms with van der Waals surface area (Å²) in [6, 6.07) is 17.9. The van der Waals surface area contributed by atoms with Gasteiger partial charge in [-0.2, -0.15) is 0 Å². The topological polar surface area (TPSA) is 136 Å². The number of β-lactam (4-membered cyclic amide) rings is 1. The van der Waals surface area contributed by atoms with Gasteiger partial charge in [0, 0.05) is 11.1 Å². The monoisotopic (exact) mass is 589 g/mol. The Balaban J connectivity index is 1.37. The van der Waals surface area contributed by atoms with E-state index in [0.29, 0.717) is 11.3 Å². The van der Waals surface area contributed by atoms with E-state index in [9.17, 15) is 14.4 Å². The van der Waals surface area contributed by atoms with Crippen LogP contribution in [0.1, 0.15) is 29.8 Å². The second-order valence-electron chi connectivity index (χ2n) is 8.97. The van der Waals surface area contributed by atoms with Gasteiger partial charge in [-0.05, 0) is 23.6 Å². The lowest BCUT2D eigenvalue weighted by molar-refractivity contribution is -0.154. The molecular weight excluding hydrogens is 562 g/mol. The van der Waals surface area contributed by atoms with Gasteiger partial charge in [0.2, 0.25) is 0 Å². The molecule has 1 fully saturated rings. The second kappa shape index (κ2) is 12.4. The molecule has 0 bridgehead atoms. The van der Waals surface area contributed by atoms with Crippen molar-refractivity contribution >= 4 is 51.7 Å². The number of fused-ring (bicyclic) bond motifs is 1. The van der Waals surface area contributed by atoms with E-state index in [-0.39, 0.29) is 28.8 Å². The van der Waals surface area contributed by atoms with Crippen LogP contribution in [0.15, 0.2) is 95.1 Å². The average Bonchev–Trinajstić information content (AvgIpc) is 3.44. The van der Waals surface area contributed by atoms with Crippen molar-refractivity contribution in [2.75, 3.05) is 18.1 Å². The predicted octanol–water partition coefficient (Wildman–Crippen LogP) is 3.64. The minimum atomic E-state index is -0.900. The Morgan fingerprint density at radius 2 is 1.85 bits per heavy atom. The number of hydrogen-bond acceptors (Lipinski definition) is 10. The number of carbonyl (C=O) groups is 3. The van der Waals surface area contributed by atoms with E-state index in [2.05, 4.69) is 22.0 Å². The van der Waals surface area contributed by atoms with E-state index in [0.717, 1.165) is 22.5 Å². The number of anilines is 1. The van der Waals surface area contributed by atoms with Crippen molar-refractivity contribution in [2.24, 2.45) is 5.16 Å². The summed E-state index contributed by atoms with van der Waals surface area (Å²) in [5.41, 5.74) is 8.15. The molecule has 1 saturated heterocycles. The zero-order valence-electron chi connectivity index (χ0n) is 22.1. The highest BCUT2D eigenvalue weighted by atomic mass is 32.2. The minimum absolute atomic E-state index is 0.0950. The fourth-order valence-electron chi connectivity index (χ4n) is 4.48. The standard InChI is InChI=1S/C29H27N5O5S2/c1-3-17-15-40-27-22(32-25(35)21(33-38-4-2)20-16-41-29(30)31-20)26(36)34(27)23(17)28(37)39-24(18-11-7-5-8-12-18)19-13-9-6-10-14-19/h3,5-14,16,22,24,27H,1,4,15H2,2H3,(H2,30,31)(H,32,35)/b33-21+/t22?,27-/m1/s1. The number of thioether (sulfide) groups is 1. The van der Waals surface area contributed by atoms with Crippen LogP contribution in [-0.2, 0) is 24.0 Å². The third-order valence-electron chi connectivity index (χ3n) is 6.42. The zero-order chi connectivity index (χ0) is 28.9. The summed E-state index contributed by atoms with van der Waals surface area (Å²) in [7, 11) is 0. The van der Waals surface area contributed by atoms with Crippen molar-refractivity contribution in [2.45, 2.75) is 24.4 Å². The third-order valence-corrected chi connectivity index (χ3v) is 8.39. The Hall–Kier alpha value is -4.42. The van der Waals surface area contributed by atoms with Crippen LogP contribution in [0, 0.1) is 0 Å². The molecule has 2 amide bonds. The molecule has 210 valence electrons. The van der Waals surface area contributed by atoms with Gasteiger partial charge in [0.25, 0.3) is 11.8 Å². The number of ether oxygens (including phenoxy) is 1. The van der Waals surface area contributed by atoms with Gasteiger partial charge in [-0.3, -0.25) is 14.5 Å². The number of rotatable bonds is 10. The number of carbonyl (C=O) groups excluding carboxylic acids is 3. The number of nitrogen functional groups attached to an aromatic ring is 1. The van der Waals surface area contributed by atoms with Gasteiger partial charge in [-0.15, -0.1) is 23.1 Å². The average molecular weight is 590 g/mol. The molecular formula is C29H27N5O5S2. The largest absolute Gasteiger partial charge is 0.448 e. The molecule has 2 atom stereocenters. The van der Waals surface area contributed by atoms with Gasteiger partial charge in [0.1, 0.15) is 29.4 Å². The third kappa shape index (κ3) is 5.74. The molecule has 41 heavy (non-hydrogen) atoms. The molecule has 0 spiro atoms. The molecule has 2 aliphatic rings. The molecule has 3 N–H and O–H groups in total. The zero-order valence-corrected chi connectivity index (χ0v) is 23.7. The summed E-state index contributed by atoms with van der Waals surface area (Å²) < 4.78 is 6.06. The van der Waals surface area contributed by atoms with Crippen LogP contribution in [-0.4, -0.2) is 57.2 Å². The van der Waals surface area contributed by atoms with Crippen LogP contribution in [0.2, 0.25) is 0 Å². The molecule has 3 heterocycles. The Morgan fingerprint density at radius 3 is 2.41 bits per heavy atom. The highest BCUT2D eigenvalue weighted by Crippen LogP contribution is 2.42. The first-order chi connectivity index (χ1) is 19.9. The number of hydrogen-bond donors (Lipinski definition) is 2. The molecule has 1 aromatic heterocycles. The maximum Gasteiger partial charge on any atom is 0.356 e. The van der Waals surface area contributed by atoms with Gasteiger partial charge >= 0.3 is 5.97 Å². The lowest BCUT2D eigenvalue weighted by Gasteiger charge is -2.49. The van der Waals surface area contributed by atoms with Crippen LogP contribution in [0.25, 0.3) is 0 Å². The number of benzene rings is 2. The highest BCUT2D eigenvalue weighted by Gasteiger charge is 2.54. The van der Waals surface area contributed by atoms with Crippen LogP contribution in [0.3, 0.4) is 0 Å². The van der Waals surface area contributed by atoms with E-state index >= 15 is 0 Å². The maximum atomic E-state index is 13.7. The number of aromatic nitrogens is 1. The van der Waals surface area contributed by atoms with Crippen LogP contribution in [0.5, 0.6) is 0 Å². The molecule has 12 heteroatoms. The van der Waals surface area contributed by atoms with E-state index < -0.39 is 35.3 Å². The van der Waals surface area contributed by atoms with Gasteiger partial charge < -0.3 is 20.6 Å². The summed E-state index contributed by atoms with van der Waals surface area (Å²) in [4.78, 5) is 50.9. The van der Waals surface area contributed by atoms with Gasteiger partial charge in [0.05, 0.1) is 0 Å². The lowest BCUT2D eigenvalue weighted by atomic mass is 10.0. The first-order valence-corrected chi connectivity index (χ1v) is 14.7. The summed E-state index contributed by atoms with van der Waals surface area (Å²) in [5, 5.41) is 7.94. The molecule has 10 nitrogen and oxygen atoms in total. The van der Waals surface area contributed by atoms with Crippen molar-refractivity contribution in [1.29, 1.82) is 0 Å². The SMILES string of the molecule is C=CC1=C(C(=O)OC(c2ccccc2)c2ccccc2)N2C(=O)C(NC(=O)/C(=N/OCC)c3csc(N)n3)[C@H]2SC1. The molecule has 5 rings (SSSR count). The lowest BCUT2D eigenvalue weighted by Crippen LogP contribution is -2.71. The van der Waals surface area contributed by atoms with E-state index in [1.165, 1.54) is 16.7 Å². The Kier molecular flexibility index (Phi) is 8.50. The Bertz CT molecular complexity index is 1480. The Morgan fingerprint density at radius 1 is 1.20 bits per heavy atom. The van der Waals surface area contributed by atoms with E-state index in [4.69, 9.17) is 15.3 Å². The number of nitrogens with zero attached hydrogens (tertiary/aromatic N) is 3. The fourth-order valence-corrected chi connectivity index (χ4v) is 6.36. The van der Waals surface area contributed by atoms with Gasteiger partial charge in [-0.25, -0.2) is 9.78 Å². The van der Waals surface area contributed by atoms with Crippen LogP contribution in [0.4, 0.5) is 5.13 Å². The summed E-state index contributed by atoms with van der Waals surface area (Å²) >= 11 is 2.56. The fraction of sp³-hybridized carbons (Fsp3) is 0.207. The molecule has 0 radical (unpaired) electrons. The molecule has 1 unspecified atom stereocenters. The van der Waals surface area contributed by atoms with Crippen molar-refractivity contribution < 1.29 is 24.0 Å². The van der Waals surface area contributed by atoms with E-state index in [1.54, 1.807) is 18.4 Å². The van der Waals surface area contributed by atoms with Crippen LogP contribution < -0.4 is 11.1 Å². The first-order valence-electron chi connectivity index (χ1n) is 12.8. The van der Waals surface area contributed by atoms with Crippen LogP contribution >= 0.6 is 23.1 Å². The quantitative estimate of drug-likeness (QED) is 0.158. The van der Waals surface area contributed by atoms with Gasteiger partial charge in [-0.1, -0.05) is 78.5 Å². The second-order valence-corrected chi connectivity index (χ2v) is 11.0. The van der Waals surface area contributed by atoms with Gasteiger partial charge in [0.15, 0.2) is 16.9 Å². The highest BCUT2D eigenvalue weighted by molar-refractivity contribution is 8.00. The Labute approximate surface area is 244 Å². The summed E-state index contributed by atoms with van der Waals surface area (Å²) in [5.74, 6) is -1.35. The maximum absolute atomic E-state index is 13.7. The normalized spacial score (nSPS) is 18.4. The number of thiazole rings is 1. The molecule has 2 aliphatic heterocycles. The molecule has 0 saturated carbocycles. The smallest absolute Gasteiger partial charge is 0.356 e. The van der Waals surface area contributed by atoms with E-state index in [1.807, 2.05) is 60.7 Å². The van der Waals surface area contributed by atoms with Crippen molar-refractivity contribution in [3.8, 4) is 0 Å². The molecule has 3 aromatic rings. The first kappa shape index (κ1) is 28.1. The minimum Gasteiger partial charge on any atom is -0.448 e. The number of amides is 2. The molecule has 2 aromatic carbocycles. The van der Waals surface area contributed by atoms with Crippen molar-refractivity contribution in [1.82, 2.24) is 15.2 Å². The predicted molar refractivity (Wildman–Crippen MR) is 158 cm³/mol. The number of nitrogens with one attached hydrogen (secondary N) is 1. The summed E-state index contributed by atoms with van der Waals surface area (Å²) in [6.45, 7) is 5.80. The van der Waals surface area contributed by atoms with Crippen molar-refractivity contribution in [3.05, 3.63) is 107 Å². The molecule has 0 aliphatic carbocycles. The number of esters is 1. The van der Waals surface area contributed by atoms with Crippen molar-refractivity contribution in [3.63, 3.8) is 0 Å². The number of oxime groups is 1. The summed E-state index contributed by atoms with van der Waals surface area (Å²) in [6.07, 6.45) is 0.865. The number of allylic oxidation sites excluding steroid dienone is 1. The number of nitrogens with two attached hydrogens (primary N) is 1.